The molecule has 10 heteroatoms. The smallest absolute Gasteiger partial charge is 0.395 e. The van der Waals surface area contributed by atoms with Crippen LogP contribution in [0.15, 0.2) is 42.5 Å². The molecule has 6 nitrogen and oxygen atoms in total. The quantitative estimate of drug-likeness (QED) is 0.530. The molecule has 3 rings (SSSR count). The average Bonchev–Trinajstić information content (AvgIpc) is 3.11. The molecule has 0 spiro atoms. The van der Waals surface area contributed by atoms with Crippen LogP contribution in [0.2, 0.25) is 0 Å². The fourth-order valence-electron chi connectivity index (χ4n) is 2.72. The molecule has 30 heavy (non-hydrogen) atoms. The topological polar surface area (TPSA) is 91.3 Å². The number of nitrogens with zero attached hydrogens (tertiary/aromatic N) is 1. The summed E-state index contributed by atoms with van der Waals surface area (Å²) in [6.07, 6.45) is -4.38. The molecule has 1 heterocycles. The van der Waals surface area contributed by atoms with E-state index >= 15 is 0 Å². The number of rotatable bonds is 7. The zero-order chi connectivity index (χ0) is 21.7. The summed E-state index contributed by atoms with van der Waals surface area (Å²) in [4.78, 5) is 27.9. The number of carbonyl (C=O) groups is 2. The molecule has 0 radical (unpaired) electrons. The number of thiazole rings is 1. The minimum Gasteiger partial charge on any atom is -0.395 e. The summed E-state index contributed by atoms with van der Waals surface area (Å²) in [7, 11) is 0. The van der Waals surface area contributed by atoms with E-state index in [0.29, 0.717) is 16.1 Å². The molecule has 0 fully saturated rings. The SMILES string of the molecule is O=C(CNC(=O)Cc1nc2cc(-c3ccc(C(F)(F)F)cc3)ccc2s1)NCCO. The fourth-order valence-corrected chi connectivity index (χ4v) is 3.66. The summed E-state index contributed by atoms with van der Waals surface area (Å²) in [5.41, 5.74) is 1.28. The highest BCUT2D eigenvalue weighted by Gasteiger charge is 2.29. The average molecular weight is 437 g/mol. The maximum Gasteiger partial charge on any atom is 0.416 e. The van der Waals surface area contributed by atoms with Gasteiger partial charge in [-0.1, -0.05) is 18.2 Å². The first-order valence-electron chi connectivity index (χ1n) is 8.97. The highest BCUT2D eigenvalue weighted by Crippen LogP contribution is 2.32. The maximum atomic E-state index is 12.7. The van der Waals surface area contributed by atoms with Gasteiger partial charge in [-0.25, -0.2) is 4.98 Å². The Labute approximate surface area is 173 Å². The van der Waals surface area contributed by atoms with Gasteiger partial charge in [-0.3, -0.25) is 9.59 Å². The van der Waals surface area contributed by atoms with Crippen molar-refractivity contribution in [3.05, 3.63) is 53.0 Å². The van der Waals surface area contributed by atoms with Crippen LogP contribution in [0.3, 0.4) is 0 Å². The van der Waals surface area contributed by atoms with Crippen molar-refractivity contribution < 1.29 is 27.9 Å². The van der Waals surface area contributed by atoms with Gasteiger partial charge >= 0.3 is 6.18 Å². The van der Waals surface area contributed by atoms with Crippen LogP contribution in [0.4, 0.5) is 13.2 Å². The first-order chi connectivity index (χ1) is 14.3. The molecular weight excluding hydrogens is 419 g/mol. The molecule has 0 saturated heterocycles. The van der Waals surface area contributed by atoms with Crippen molar-refractivity contribution in [3.8, 4) is 11.1 Å². The van der Waals surface area contributed by atoms with Gasteiger partial charge in [-0.2, -0.15) is 13.2 Å². The molecule has 158 valence electrons. The van der Waals surface area contributed by atoms with Gasteiger partial charge < -0.3 is 15.7 Å². The first kappa shape index (κ1) is 21.7. The number of aliphatic hydroxyl groups excluding tert-OH is 1. The van der Waals surface area contributed by atoms with Crippen LogP contribution in [0.5, 0.6) is 0 Å². The minimum absolute atomic E-state index is 0.00222. The predicted octanol–water partition coefficient (Wildman–Crippen LogP) is 2.75. The van der Waals surface area contributed by atoms with Gasteiger partial charge in [-0.05, 0) is 35.4 Å². The number of alkyl halides is 3. The van der Waals surface area contributed by atoms with Crippen LogP contribution < -0.4 is 10.6 Å². The number of carbonyl (C=O) groups excluding carboxylic acids is 2. The molecule has 0 aliphatic heterocycles. The number of hydrogen-bond donors (Lipinski definition) is 3. The molecule has 0 bridgehead atoms. The van der Waals surface area contributed by atoms with E-state index in [2.05, 4.69) is 15.6 Å². The monoisotopic (exact) mass is 437 g/mol. The van der Waals surface area contributed by atoms with Crippen molar-refractivity contribution in [1.82, 2.24) is 15.6 Å². The summed E-state index contributed by atoms with van der Waals surface area (Å²) in [6, 6.07) is 10.2. The van der Waals surface area contributed by atoms with Crippen molar-refractivity contribution in [2.24, 2.45) is 0 Å². The molecule has 0 aliphatic rings. The normalized spacial score (nSPS) is 11.5. The summed E-state index contributed by atoms with van der Waals surface area (Å²) in [6.45, 7) is -0.254. The van der Waals surface area contributed by atoms with Crippen molar-refractivity contribution in [2.75, 3.05) is 19.7 Å². The van der Waals surface area contributed by atoms with E-state index in [4.69, 9.17) is 5.11 Å². The molecular formula is C20H18F3N3O3S. The number of aliphatic hydroxyl groups is 1. The minimum atomic E-state index is -4.38. The van der Waals surface area contributed by atoms with Crippen LogP contribution in [-0.4, -0.2) is 41.6 Å². The number of amides is 2. The molecule has 0 atom stereocenters. The zero-order valence-corrected chi connectivity index (χ0v) is 16.4. The van der Waals surface area contributed by atoms with Crippen molar-refractivity contribution in [2.45, 2.75) is 12.6 Å². The van der Waals surface area contributed by atoms with E-state index in [1.54, 1.807) is 12.1 Å². The third-order valence-electron chi connectivity index (χ3n) is 4.17. The molecule has 1 aromatic heterocycles. The van der Waals surface area contributed by atoms with Gasteiger partial charge in [0.2, 0.25) is 11.8 Å². The Morgan fingerprint density at radius 3 is 2.37 bits per heavy atom. The van der Waals surface area contributed by atoms with Crippen molar-refractivity contribution in [1.29, 1.82) is 0 Å². The van der Waals surface area contributed by atoms with Crippen molar-refractivity contribution in [3.63, 3.8) is 0 Å². The van der Waals surface area contributed by atoms with Crippen LogP contribution in [0, 0.1) is 0 Å². The first-order valence-corrected chi connectivity index (χ1v) is 9.79. The second kappa shape index (κ2) is 9.23. The largest absolute Gasteiger partial charge is 0.416 e. The number of halogens is 3. The lowest BCUT2D eigenvalue weighted by molar-refractivity contribution is -0.137. The number of benzene rings is 2. The Hall–Kier alpha value is -2.98. The third kappa shape index (κ3) is 5.55. The summed E-state index contributed by atoms with van der Waals surface area (Å²) in [5.74, 6) is -0.765. The van der Waals surface area contributed by atoms with Gasteiger partial charge in [0, 0.05) is 6.54 Å². The van der Waals surface area contributed by atoms with Crippen LogP contribution in [0.1, 0.15) is 10.6 Å². The van der Waals surface area contributed by atoms with E-state index in [1.807, 2.05) is 6.07 Å². The summed E-state index contributed by atoms with van der Waals surface area (Å²) < 4.78 is 39.0. The van der Waals surface area contributed by atoms with Gasteiger partial charge in [0.1, 0.15) is 5.01 Å². The maximum absolute atomic E-state index is 12.7. The molecule has 0 unspecified atom stereocenters. The molecule has 0 saturated carbocycles. The molecule has 0 aliphatic carbocycles. The lowest BCUT2D eigenvalue weighted by Crippen LogP contribution is -2.38. The van der Waals surface area contributed by atoms with E-state index in [9.17, 15) is 22.8 Å². The highest BCUT2D eigenvalue weighted by molar-refractivity contribution is 7.18. The second-order valence-electron chi connectivity index (χ2n) is 6.39. The van der Waals surface area contributed by atoms with Gasteiger partial charge in [-0.15, -0.1) is 11.3 Å². The van der Waals surface area contributed by atoms with Crippen LogP contribution in [0.25, 0.3) is 21.3 Å². The standard InChI is InChI=1S/C20H18F3N3O3S/c21-20(22,23)14-4-1-12(2-5-14)13-3-6-16-15(9-13)26-19(30-16)10-17(28)25-11-18(29)24-7-8-27/h1-6,9,27H,7-8,10-11H2,(H,24,29)(H,25,28). The van der Waals surface area contributed by atoms with Crippen LogP contribution in [-0.2, 0) is 22.2 Å². The van der Waals surface area contributed by atoms with Crippen molar-refractivity contribution >= 4 is 33.4 Å². The lowest BCUT2D eigenvalue weighted by atomic mass is 10.0. The van der Waals surface area contributed by atoms with E-state index in [-0.39, 0.29) is 32.0 Å². The summed E-state index contributed by atoms with van der Waals surface area (Å²) >= 11 is 1.33. The van der Waals surface area contributed by atoms with E-state index in [0.717, 1.165) is 22.4 Å². The molecule has 3 N–H and O–H groups in total. The van der Waals surface area contributed by atoms with E-state index in [1.165, 1.54) is 23.5 Å². The molecule has 3 aromatic rings. The van der Waals surface area contributed by atoms with Gasteiger partial charge in [0.15, 0.2) is 0 Å². The zero-order valence-electron chi connectivity index (χ0n) is 15.6. The number of nitrogens with one attached hydrogen (secondary N) is 2. The Morgan fingerprint density at radius 2 is 1.70 bits per heavy atom. The highest BCUT2D eigenvalue weighted by atomic mass is 32.1. The van der Waals surface area contributed by atoms with Gasteiger partial charge in [0.05, 0.1) is 35.4 Å². The molecule has 2 amide bonds. The van der Waals surface area contributed by atoms with Gasteiger partial charge in [0.25, 0.3) is 0 Å². The lowest BCUT2D eigenvalue weighted by Gasteiger charge is -2.07. The molecule has 2 aromatic carbocycles. The third-order valence-corrected chi connectivity index (χ3v) is 5.21. The summed E-state index contributed by atoms with van der Waals surface area (Å²) in [5, 5.41) is 14.1. The Morgan fingerprint density at radius 1 is 1.00 bits per heavy atom. The van der Waals surface area contributed by atoms with E-state index < -0.39 is 17.6 Å². The number of fused-ring (bicyclic) bond motifs is 1. The number of aromatic nitrogens is 1. The Bertz CT molecular complexity index is 1050. The Balaban J connectivity index is 1.67. The fraction of sp³-hybridized carbons (Fsp3) is 0.250. The Kier molecular flexibility index (Phi) is 6.68. The second-order valence-corrected chi connectivity index (χ2v) is 7.51. The van der Waals surface area contributed by atoms with Crippen LogP contribution >= 0.6 is 11.3 Å². The number of hydrogen-bond acceptors (Lipinski definition) is 5. The predicted molar refractivity (Wildman–Crippen MR) is 107 cm³/mol.